The van der Waals surface area contributed by atoms with Crippen molar-refractivity contribution >= 4 is 5.97 Å². The van der Waals surface area contributed by atoms with Crippen LogP contribution in [0.1, 0.15) is 26.2 Å². The van der Waals surface area contributed by atoms with Crippen LogP contribution in [0.25, 0.3) is 0 Å². The van der Waals surface area contributed by atoms with Crippen molar-refractivity contribution in [2.24, 2.45) is 5.92 Å². The first-order valence-corrected chi connectivity index (χ1v) is 7.23. The van der Waals surface area contributed by atoms with Crippen LogP contribution in [-0.4, -0.2) is 64.0 Å². The quantitative estimate of drug-likeness (QED) is 0.468. The number of carbonyl (C=O) groups excluding carboxylic acids is 1. The molecule has 0 radical (unpaired) electrons. The van der Waals surface area contributed by atoms with E-state index in [1.807, 2.05) is 6.92 Å². The summed E-state index contributed by atoms with van der Waals surface area (Å²) in [5.41, 5.74) is 0. The van der Waals surface area contributed by atoms with Gasteiger partial charge in [-0.15, -0.1) is 0 Å². The van der Waals surface area contributed by atoms with Crippen LogP contribution in [0.15, 0.2) is 0 Å². The van der Waals surface area contributed by atoms with Crippen molar-refractivity contribution in [3.8, 4) is 0 Å². The first-order chi connectivity index (χ1) is 9.27. The molecule has 0 N–H and O–H groups in total. The van der Waals surface area contributed by atoms with Gasteiger partial charge in [0, 0.05) is 26.8 Å². The van der Waals surface area contributed by atoms with E-state index in [0.29, 0.717) is 19.8 Å². The summed E-state index contributed by atoms with van der Waals surface area (Å²) >= 11 is 0. The molecule has 1 heterocycles. The number of piperidine rings is 1. The van der Waals surface area contributed by atoms with Crippen LogP contribution in [0.4, 0.5) is 0 Å². The second kappa shape index (κ2) is 10.2. The molecule has 0 bridgehead atoms. The summed E-state index contributed by atoms with van der Waals surface area (Å²) in [5, 5.41) is 0. The molecule has 0 amide bonds. The van der Waals surface area contributed by atoms with Crippen molar-refractivity contribution in [2.45, 2.75) is 26.2 Å². The second-order valence-corrected chi connectivity index (χ2v) is 4.85. The van der Waals surface area contributed by atoms with Crippen LogP contribution >= 0.6 is 0 Å². The predicted molar refractivity (Wildman–Crippen MR) is 73.1 cm³/mol. The number of hydrogen-bond acceptors (Lipinski definition) is 5. The number of carbonyl (C=O) groups is 1. The fraction of sp³-hybridized carbons (Fsp3) is 0.929. The molecule has 1 fully saturated rings. The Kier molecular flexibility index (Phi) is 8.79. The van der Waals surface area contributed by atoms with E-state index in [1.54, 1.807) is 7.11 Å². The van der Waals surface area contributed by atoms with Crippen molar-refractivity contribution in [3.05, 3.63) is 0 Å². The Hall–Kier alpha value is -0.650. The number of rotatable bonds is 9. The van der Waals surface area contributed by atoms with Crippen molar-refractivity contribution in [1.29, 1.82) is 0 Å². The van der Waals surface area contributed by atoms with Gasteiger partial charge in [0.2, 0.25) is 0 Å². The highest BCUT2D eigenvalue weighted by atomic mass is 16.5. The number of methoxy groups -OCH3 is 1. The highest BCUT2D eigenvalue weighted by Crippen LogP contribution is 2.17. The number of hydrogen-bond donors (Lipinski definition) is 0. The lowest BCUT2D eigenvalue weighted by atomic mass is 9.98. The van der Waals surface area contributed by atoms with Crippen LogP contribution in [0, 0.1) is 5.92 Å². The molecule has 19 heavy (non-hydrogen) atoms. The average Bonchev–Trinajstić information content (AvgIpc) is 2.43. The van der Waals surface area contributed by atoms with E-state index in [9.17, 15) is 4.79 Å². The van der Waals surface area contributed by atoms with E-state index in [4.69, 9.17) is 14.2 Å². The lowest BCUT2D eigenvalue weighted by Crippen LogP contribution is -2.40. The fourth-order valence-electron chi connectivity index (χ4n) is 2.35. The average molecular weight is 273 g/mol. The van der Waals surface area contributed by atoms with E-state index in [-0.39, 0.29) is 11.9 Å². The predicted octanol–water partition coefficient (Wildman–Crippen LogP) is 1.31. The molecule has 0 spiro atoms. The lowest BCUT2D eigenvalue weighted by Gasteiger charge is -2.31. The van der Waals surface area contributed by atoms with Gasteiger partial charge >= 0.3 is 5.97 Å². The minimum Gasteiger partial charge on any atom is -0.466 e. The summed E-state index contributed by atoms with van der Waals surface area (Å²) in [4.78, 5) is 14.0. The summed E-state index contributed by atoms with van der Waals surface area (Å²) in [5.74, 6) is 0.0201. The molecular weight excluding hydrogens is 246 g/mol. The first kappa shape index (κ1) is 16.4. The molecule has 0 unspecified atom stereocenters. The first-order valence-electron chi connectivity index (χ1n) is 7.23. The van der Waals surface area contributed by atoms with Crippen molar-refractivity contribution < 1.29 is 19.0 Å². The molecule has 1 aliphatic heterocycles. The standard InChI is InChI=1S/C14H27NO4/c1-3-19-14(16)13-6-4-7-15(12-13)8-5-9-18-11-10-17-2/h13H,3-12H2,1-2H3/t13-/m0/s1. The van der Waals surface area contributed by atoms with Gasteiger partial charge in [0.1, 0.15) is 0 Å². The van der Waals surface area contributed by atoms with Crippen LogP contribution < -0.4 is 0 Å². The van der Waals surface area contributed by atoms with Gasteiger partial charge in [-0.05, 0) is 32.7 Å². The molecule has 5 heteroatoms. The summed E-state index contributed by atoms with van der Waals surface area (Å²) in [7, 11) is 1.67. The summed E-state index contributed by atoms with van der Waals surface area (Å²) in [6.45, 7) is 7.28. The Morgan fingerprint density at radius 1 is 1.32 bits per heavy atom. The Morgan fingerprint density at radius 3 is 2.89 bits per heavy atom. The Bertz CT molecular complexity index is 248. The summed E-state index contributed by atoms with van der Waals surface area (Å²) < 4.78 is 15.4. The minimum absolute atomic E-state index is 0.0384. The van der Waals surface area contributed by atoms with Gasteiger partial charge < -0.3 is 19.1 Å². The molecule has 0 aromatic heterocycles. The molecule has 0 aliphatic carbocycles. The Labute approximate surface area is 116 Å². The normalized spacial score (nSPS) is 20.4. The zero-order chi connectivity index (χ0) is 13.9. The number of esters is 1. The third-order valence-electron chi connectivity index (χ3n) is 3.32. The number of likely N-dealkylation sites (tertiary alicyclic amines) is 1. The highest BCUT2D eigenvalue weighted by Gasteiger charge is 2.26. The Morgan fingerprint density at radius 2 is 2.16 bits per heavy atom. The van der Waals surface area contributed by atoms with E-state index >= 15 is 0 Å². The third-order valence-corrected chi connectivity index (χ3v) is 3.32. The summed E-state index contributed by atoms with van der Waals surface area (Å²) in [6, 6.07) is 0. The molecule has 0 saturated carbocycles. The monoisotopic (exact) mass is 273 g/mol. The fourth-order valence-corrected chi connectivity index (χ4v) is 2.35. The van der Waals surface area contributed by atoms with Gasteiger partial charge in [-0.25, -0.2) is 0 Å². The largest absolute Gasteiger partial charge is 0.466 e. The van der Waals surface area contributed by atoms with Crippen LogP contribution in [0.2, 0.25) is 0 Å². The molecule has 0 aromatic rings. The zero-order valence-electron chi connectivity index (χ0n) is 12.2. The zero-order valence-corrected chi connectivity index (χ0v) is 12.2. The maximum Gasteiger partial charge on any atom is 0.310 e. The topological polar surface area (TPSA) is 48.0 Å². The van der Waals surface area contributed by atoms with Gasteiger partial charge in [0.15, 0.2) is 0 Å². The summed E-state index contributed by atoms with van der Waals surface area (Å²) in [6.07, 6.45) is 3.03. The van der Waals surface area contributed by atoms with E-state index in [2.05, 4.69) is 4.90 Å². The van der Waals surface area contributed by atoms with Crippen LogP contribution in [0.3, 0.4) is 0 Å². The van der Waals surface area contributed by atoms with Crippen LogP contribution in [-0.2, 0) is 19.0 Å². The third kappa shape index (κ3) is 6.89. The lowest BCUT2D eigenvalue weighted by molar-refractivity contribution is -0.149. The molecule has 0 aromatic carbocycles. The minimum atomic E-state index is -0.0384. The van der Waals surface area contributed by atoms with E-state index < -0.39 is 0 Å². The van der Waals surface area contributed by atoms with Crippen LogP contribution in [0.5, 0.6) is 0 Å². The number of ether oxygens (including phenoxy) is 3. The van der Waals surface area contributed by atoms with Gasteiger partial charge in [0.05, 0.1) is 25.7 Å². The molecule has 5 nitrogen and oxygen atoms in total. The molecule has 1 aliphatic rings. The van der Waals surface area contributed by atoms with E-state index in [1.165, 1.54) is 0 Å². The number of nitrogens with zero attached hydrogens (tertiary/aromatic N) is 1. The molecule has 112 valence electrons. The molecule has 1 saturated heterocycles. The highest BCUT2D eigenvalue weighted by molar-refractivity contribution is 5.72. The van der Waals surface area contributed by atoms with Crippen molar-refractivity contribution in [2.75, 3.05) is 53.2 Å². The molecule has 1 atom stereocenters. The van der Waals surface area contributed by atoms with Gasteiger partial charge in [-0.2, -0.15) is 0 Å². The van der Waals surface area contributed by atoms with E-state index in [0.717, 1.165) is 45.5 Å². The van der Waals surface area contributed by atoms with Crippen molar-refractivity contribution in [1.82, 2.24) is 4.90 Å². The van der Waals surface area contributed by atoms with Gasteiger partial charge in [-0.3, -0.25) is 4.79 Å². The maximum atomic E-state index is 11.7. The van der Waals surface area contributed by atoms with Crippen molar-refractivity contribution in [3.63, 3.8) is 0 Å². The van der Waals surface area contributed by atoms with Gasteiger partial charge in [-0.1, -0.05) is 0 Å². The smallest absolute Gasteiger partial charge is 0.310 e. The molecular formula is C14H27NO4. The Balaban J connectivity index is 2.11. The molecule has 1 rings (SSSR count). The second-order valence-electron chi connectivity index (χ2n) is 4.85. The maximum absolute atomic E-state index is 11.7. The van der Waals surface area contributed by atoms with Gasteiger partial charge in [0.25, 0.3) is 0 Å². The SMILES string of the molecule is CCOC(=O)[C@H]1CCCN(CCCOCCOC)C1.